The van der Waals surface area contributed by atoms with Gasteiger partial charge in [0.2, 0.25) is 9.84 Å². The maximum atomic E-state index is 12.8. The number of anilines is 1. The fourth-order valence-corrected chi connectivity index (χ4v) is 4.32. The predicted molar refractivity (Wildman–Crippen MR) is 79.9 cm³/mol. The molecule has 0 radical (unpaired) electrons. The lowest BCUT2D eigenvalue weighted by Crippen LogP contribution is -2.13. The second-order valence-electron chi connectivity index (χ2n) is 4.66. The zero-order valence-electron chi connectivity index (χ0n) is 11.0. The molecule has 0 aromatic heterocycles. The Bertz CT molecular complexity index is 978. The number of halogens is 1. The van der Waals surface area contributed by atoms with E-state index in [0.29, 0.717) is 5.56 Å². The van der Waals surface area contributed by atoms with Crippen LogP contribution in [0.25, 0.3) is 6.08 Å². The number of benzene rings is 2. The number of rotatable bonds is 3. The molecule has 2 aromatic carbocycles. The highest BCUT2D eigenvalue weighted by Crippen LogP contribution is 2.30. The molecule has 22 heavy (non-hydrogen) atoms. The van der Waals surface area contributed by atoms with Gasteiger partial charge < -0.3 is 0 Å². The molecule has 1 heterocycles. The first-order chi connectivity index (χ1) is 10.3. The molecular formula is C14H10FNO4S2. The van der Waals surface area contributed by atoms with Crippen LogP contribution in [-0.2, 0) is 19.9 Å². The minimum absolute atomic E-state index is 0.0480. The lowest BCUT2D eigenvalue weighted by atomic mass is 10.2. The van der Waals surface area contributed by atoms with Gasteiger partial charge in [-0.05, 0) is 48.0 Å². The van der Waals surface area contributed by atoms with Gasteiger partial charge in [0, 0.05) is 5.41 Å². The number of hydrogen-bond acceptors (Lipinski definition) is 4. The molecule has 0 bridgehead atoms. The van der Waals surface area contributed by atoms with E-state index < -0.39 is 25.7 Å². The van der Waals surface area contributed by atoms with E-state index in [0.717, 1.165) is 29.7 Å². The Hall–Kier alpha value is -2.19. The van der Waals surface area contributed by atoms with E-state index in [1.54, 1.807) is 0 Å². The summed E-state index contributed by atoms with van der Waals surface area (Å²) in [6, 6.07) is 8.56. The second-order valence-corrected chi connectivity index (χ2v) is 8.14. The number of nitrogens with one attached hydrogen (secondary N) is 1. The van der Waals surface area contributed by atoms with E-state index in [2.05, 4.69) is 4.72 Å². The van der Waals surface area contributed by atoms with Gasteiger partial charge in [-0.1, -0.05) is 6.07 Å². The average molecular weight is 339 g/mol. The first-order valence-corrected chi connectivity index (χ1v) is 9.16. The quantitative estimate of drug-likeness (QED) is 0.931. The summed E-state index contributed by atoms with van der Waals surface area (Å²) in [7, 11) is -7.44. The summed E-state index contributed by atoms with van der Waals surface area (Å²) in [5.41, 5.74) is 0.625. The zero-order chi connectivity index (χ0) is 16.0. The summed E-state index contributed by atoms with van der Waals surface area (Å²) < 4.78 is 63.0. The van der Waals surface area contributed by atoms with Gasteiger partial charge in [-0.15, -0.1) is 0 Å². The van der Waals surface area contributed by atoms with E-state index in [-0.39, 0.29) is 15.5 Å². The molecule has 0 spiro atoms. The minimum atomic E-state index is -3.92. The highest BCUT2D eigenvalue weighted by Gasteiger charge is 2.22. The molecule has 5 nitrogen and oxygen atoms in total. The highest BCUT2D eigenvalue weighted by molar-refractivity contribution is 7.95. The fourth-order valence-electron chi connectivity index (χ4n) is 2.05. The average Bonchev–Trinajstić information content (AvgIpc) is 2.75. The van der Waals surface area contributed by atoms with Crippen molar-refractivity contribution in [1.29, 1.82) is 0 Å². The summed E-state index contributed by atoms with van der Waals surface area (Å²) in [6.45, 7) is 0. The van der Waals surface area contributed by atoms with Crippen LogP contribution in [0.1, 0.15) is 5.56 Å². The molecule has 1 aliphatic rings. The van der Waals surface area contributed by atoms with Crippen LogP contribution in [0.3, 0.4) is 0 Å². The standard InChI is InChI=1S/C14H10FNO4S2/c15-11-2-5-13(6-3-11)22(19,20)16-12-4-1-10-7-8-21(17,18)14(10)9-12/h1-9,16H. The Morgan fingerprint density at radius 1 is 1.00 bits per heavy atom. The van der Waals surface area contributed by atoms with Crippen molar-refractivity contribution in [3.8, 4) is 0 Å². The minimum Gasteiger partial charge on any atom is -0.280 e. The summed E-state index contributed by atoms with van der Waals surface area (Å²) in [4.78, 5) is -0.0674. The Morgan fingerprint density at radius 3 is 2.36 bits per heavy atom. The second kappa shape index (κ2) is 4.92. The maximum absolute atomic E-state index is 12.8. The number of sulfonamides is 1. The van der Waals surface area contributed by atoms with Crippen molar-refractivity contribution in [2.45, 2.75) is 9.79 Å². The van der Waals surface area contributed by atoms with E-state index in [4.69, 9.17) is 0 Å². The smallest absolute Gasteiger partial charge is 0.261 e. The fraction of sp³-hybridized carbons (Fsp3) is 0. The van der Waals surface area contributed by atoms with Crippen molar-refractivity contribution in [2.24, 2.45) is 0 Å². The highest BCUT2D eigenvalue weighted by atomic mass is 32.2. The summed E-state index contributed by atoms with van der Waals surface area (Å²) >= 11 is 0. The van der Waals surface area contributed by atoms with Crippen molar-refractivity contribution < 1.29 is 21.2 Å². The number of hydrogen-bond donors (Lipinski definition) is 1. The van der Waals surface area contributed by atoms with Crippen LogP contribution < -0.4 is 4.72 Å². The van der Waals surface area contributed by atoms with E-state index in [1.807, 2.05) is 0 Å². The largest absolute Gasteiger partial charge is 0.280 e. The Labute approximate surface area is 127 Å². The van der Waals surface area contributed by atoms with Crippen molar-refractivity contribution in [2.75, 3.05) is 4.72 Å². The summed E-state index contributed by atoms with van der Waals surface area (Å²) in [6.07, 6.45) is 1.45. The predicted octanol–water partition coefficient (Wildman–Crippen LogP) is 2.38. The van der Waals surface area contributed by atoms with Crippen LogP contribution in [0.5, 0.6) is 0 Å². The Kier molecular flexibility index (Phi) is 3.30. The third-order valence-corrected chi connectivity index (χ3v) is 5.98. The zero-order valence-corrected chi connectivity index (χ0v) is 12.7. The first kappa shape index (κ1) is 14.7. The third kappa shape index (κ3) is 2.62. The molecule has 0 aliphatic carbocycles. The number of fused-ring (bicyclic) bond motifs is 1. The topological polar surface area (TPSA) is 80.3 Å². The molecule has 0 unspecified atom stereocenters. The van der Waals surface area contributed by atoms with Gasteiger partial charge in [0.25, 0.3) is 10.0 Å². The van der Waals surface area contributed by atoms with E-state index in [1.165, 1.54) is 24.3 Å². The molecule has 8 heteroatoms. The van der Waals surface area contributed by atoms with Gasteiger partial charge in [0.05, 0.1) is 15.5 Å². The van der Waals surface area contributed by atoms with Crippen LogP contribution >= 0.6 is 0 Å². The Balaban J connectivity index is 1.96. The number of sulfone groups is 1. The van der Waals surface area contributed by atoms with Gasteiger partial charge >= 0.3 is 0 Å². The van der Waals surface area contributed by atoms with Crippen molar-refractivity contribution in [1.82, 2.24) is 0 Å². The van der Waals surface area contributed by atoms with Crippen LogP contribution in [-0.4, -0.2) is 16.8 Å². The molecule has 0 saturated carbocycles. The molecular weight excluding hydrogens is 329 g/mol. The van der Waals surface area contributed by atoms with E-state index >= 15 is 0 Å². The van der Waals surface area contributed by atoms with Gasteiger partial charge in [0.1, 0.15) is 5.82 Å². The Morgan fingerprint density at radius 2 is 1.68 bits per heavy atom. The van der Waals surface area contributed by atoms with Gasteiger partial charge in [-0.25, -0.2) is 21.2 Å². The molecule has 3 rings (SSSR count). The molecule has 1 aliphatic heterocycles. The van der Waals surface area contributed by atoms with E-state index in [9.17, 15) is 21.2 Å². The van der Waals surface area contributed by atoms with Crippen LogP contribution in [0.15, 0.2) is 57.7 Å². The molecule has 0 amide bonds. The van der Waals surface area contributed by atoms with Crippen LogP contribution in [0.4, 0.5) is 10.1 Å². The van der Waals surface area contributed by atoms with Crippen LogP contribution in [0, 0.1) is 5.82 Å². The lowest BCUT2D eigenvalue weighted by Gasteiger charge is -2.09. The van der Waals surface area contributed by atoms with Gasteiger partial charge in [0.15, 0.2) is 0 Å². The van der Waals surface area contributed by atoms with Crippen LogP contribution in [0.2, 0.25) is 0 Å². The van der Waals surface area contributed by atoms with Crippen molar-refractivity contribution in [3.63, 3.8) is 0 Å². The maximum Gasteiger partial charge on any atom is 0.261 e. The first-order valence-electron chi connectivity index (χ1n) is 6.14. The molecule has 2 aromatic rings. The monoisotopic (exact) mass is 339 g/mol. The third-order valence-electron chi connectivity index (χ3n) is 3.12. The van der Waals surface area contributed by atoms with Crippen molar-refractivity contribution in [3.05, 3.63) is 59.3 Å². The summed E-state index contributed by atoms with van der Waals surface area (Å²) in [5, 5.41) is 1.07. The molecule has 0 fully saturated rings. The van der Waals surface area contributed by atoms with Gasteiger partial charge in [-0.3, -0.25) is 4.72 Å². The lowest BCUT2D eigenvalue weighted by molar-refractivity contribution is 0.598. The molecule has 1 N–H and O–H groups in total. The van der Waals surface area contributed by atoms with Crippen molar-refractivity contribution >= 4 is 31.6 Å². The SMILES string of the molecule is O=S1(=O)C=Cc2ccc(NS(=O)(=O)c3ccc(F)cc3)cc21. The summed E-state index contributed by atoms with van der Waals surface area (Å²) in [5.74, 6) is -0.548. The van der Waals surface area contributed by atoms with Gasteiger partial charge in [-0.2, -0.15) is 0 Å². The normalized spacial score (nSPS) is 15.5. The molecule has 0 atom stereocenters. The molecule has 114 valence electrons. The molecule has 0 saturated heterocycles.